The van der Waals surface area contributed by atoms with Gasteiger partial charge in [-0.1, -0.05) is 40.5 Å². The molecular formula is C13H17BrClNO. The highest BCUT2D eigenvalue weighted by Crippen LogP contribution is 2.21. The molecule has 0 heterocycles. The first kappa shape index (κ1) is 14.5. The van der Waals surface area contributed by atoms with E-state index in [0.717, 1.165) is 5.56 Å². The quantitative estimate of drug-likeness (QED) is 0.840. The predicted octanol–water partition coefficient (Wildman–Crippen LogP) is 3.94. The van der Waals surface area contributed by atoms with Crippen LogP contribution in [0.1, 0.15) is 36.7 Å². The Bertz CT molecular complexity index is 429. The Kier molecular flexibility index (Phi) is 4.62. The molecule has 1 rings (SSSR count). The second kappa shape index (κ2) is 5.40. The van der Waals surface area contributed by atoms with Gasteiger partial charge in [-0.05, 0) is 38.5 Å². The zero-order valence-electron chi connectivity index (χ0n) is 10.5. The van der Waals surface area contributed by atoms with E-state index in [1.807, 2.05) is 27.7 Å². The van der Waals surface area contributed by atoms with Gasteiger partial charge >= 0.3 is 0 Å². The second-order valence-electron chi connectivity index (χ2n) is 4.70. The summed E-state index contributed by atoms with van der Waals surface area (Å²) in [5.74, 6) is -0.0960. The molecule has 0 aliphatic rings. The summed E-state index contributed by atoms with van der Waals surface area (Å²) in [6, 6.07) is 5.35. The normalized spacial score (nSPS) is 13.3. The highest BCUT2D eigenvalue weighted by Gasteiger charge is 2.26. The number of carbonyl (C=O) groups excluding carboxylic acids is 1. The number of nitrogens with one attached hydrogen (secondary N) is 1. The topological polar surface area (TPSA) is 29.1 Å². The van der Waals surface area contributed by atoms with Crippen molar-refractivity contribution in [3.05, 3.63) is 34.3 Å². The molecule has 4 heteroatoms. The lowest BCUT2D eigenvalue weighted by atomic mass is 10.00. The smallest absolute Gasteiger partial charge is 0.252 e. The van der Waals surface area contributed by atoms with Crippen LogP contribution in [-0.2, 0) is 0 Å². The van der Waals surface area contributed by atoms with Gasteiger partial charge < -0.3 is 5.32 Å². The summed E-state index contributed by atoms with van der Waals surface area (Å²) < 4.78 is 0. The molecule has 1 amide bonds. The van der Waals surface area contributed by atoms with Crippen molar-refractivity contribution >= 4 is 33.4 Å². The fraction of sp³-hybridized carbons (Fsp3) is 0.462. The molecule has 0 aromatic heterocycles. The molecule has 1 aromatic carbocycles. The molecule has 0 aliphatic heterocycles. The molecule has 0 spiro atoms. The lowest BCUT2D eigenvalue weighted by Crippen LogP contribution is -2.49. The molecule has 17 heavy (non-hydrogen) atoms. The maximum atomic E-state index is 12.1. The van der Waals surface area contributed by atoms with Gasteiger partial charge in [0.15, 0.2) is 0 Å². The summed E-state index contributed by atoms with van der Waals surface area (Å²) >= 11 is 9.49. The van der Waals surface area contributed by atoms with E-state index in [1.54, 1.807) is 18.2 Å². The van der Waals surface area contributed by atoms with Crippen molar-refractivity contribution in [3.63, 3.8) is 0 Å². The SMILES string of the molecule is Cc1c(Cl)cccc1C(=O)NC(C)(C)C(C)Br. The molecule has 1 aromatic rings. The van der Waals surface area contributed by atoms with E-state index < -0.39 is 0 Å². The Morgan fingerprint density at radius 1 is 1.47 bits per heavy atom. The third kappa shape index (κ3) is 3.46. The number of hydrogen-bond donors (Lipinski definition) is 1. The number of carbonyl (C=O) groups is 1. The van der Waals surface area contributed by atoms with Gasteiger partial charge in [0.2, 0.25) is 0 Å². The predicted molar refractivity (Wildman–Crippen MR) is 76.1 cm³/mol. The average Bonchev–Trinajstić information content (AvgIpc) is 2.21. The summed E-state index contributed by atoms with van der Waals surface area (Å²) in [6.07, 6.45) is 0. The first-order valence-corrected chi connectivity index (χ1v) is 6.77. The summed E-state index contributed by atoms with van der Waals surface area (Å²) in [5.41, 5.74) is 1.12. The maximum absolute atomic E-state index is 12.1. The number of benzene rings is 1. The van der Waals surface area contributed by atoms with Crippen molar-refractivity contribution in [2.75, 3.05) is 0 Å². The van der Waals surface area contributed by atoms with Crippen LogP contribution in [0.15, 0.2) is 18.2 Å². The van der Waals surface area contributed by atoms with Gasteiger partial charge in [0.1, 0.15) is 0 Å². The molecule has 0 saturated carbocycles. The summed E-state index contributed by atoms with van der Waals surface area (Å²) in [7, 11) is 0. The molecule has 0 aliphatic carbocycles. The van der Waals surface area contributed by atoms with Crippen molar-refractivity contribution in [1.29, 1.82) is 0 Å². The summed E-state index contributed by atoms with van der Waals surface area (Å²) in [6.45, 7) is 7.81. The number of rotatable bonds is 3. The Labute approximate surface area is 116 Å². The molecule has 0 saturated heterocycles. The fourth-order valence-electron chi connectivity index (χ4n) is 1.31. The molecule has 2 nitrogen and oxygen atoms in total. The van der Waals surface area contributed by atoms with Crippen LogP contribution < -0.4 is 5.32 Å². The zero-order chi connectivity index (χ0) is 13.2. The van der Waals surface area contributed by atoms with Gasteiger partial charge in [-0.25, -0.2) is 0 Å². The molecule has 0 radical (unpaired) electrons. The van der Waals surface area contributed by atoms with Crippen LogP contribution >= 0.6 is 27.5 Å². The third-order valence-electron chi connectivity index (χ3n) is 2.94. The van der Waals surface area contributed by atoms with Crippen LogP contribution in [0.2, 0.25) is 5.02 Å². The van der Waals surface area contributed by atoms with Crippen LogP contribution in [0.25, 0.3) is 0 Å². The molecule has 1 N–H and O–H groups in total. The summed E-state index contributed by atoms with van der Waals surface area (Å²) in [4.78, 5) is 12.3. The van der Waals surface area contributed by atoms with Crippen molar-refractivity contribution in [3.8, 4) is 0 Å². The van der Waals surface area contributed by atoms with E-state index >= 15 is 0 Å². The van der Waals surface area contributed by atoms with Crippen molar-refractivity contribution in [1.82, 2.24) is 5.32 Å². The second-order valence-corrected chi connectivity index (χ2v) is 6.48. The third-order valence-corrected chi connectivity index (χ3v) is 4.50. The Balaban J connectivity index is 2.95. The van der Waals surface area contributed by atoms with E-state index in [1.165, 1.54) is 0 Å². The van der Waals surface area contributed by atoms with E-state index in [-0.39, 0.29) is 16.3 Å². The minimum Gasteiger partial charge on any atom is -0.346 e. The monoisotopic (exact) mass is 317 g/mol. The van der Waals surface area contributed by atoms with E-state index in [0.29, 0.717) is 10.6 Å². The molecule has 1 unspecified atom stereocenters. The van der Waals surface area contributed by atoms with Gasteiger partial charge in [0, 0.05) is 21.0 Å². The minimum atomic E-state index is -0.314. The van der Waals surface area contributed by atoms with Gasteiger partial charge in [0.25, 0.3) is 5.91 Å². The Morgan fingerprint density at radius 2 is 2.06 bits per heavy atom. The van der Waals surface area contributed by atoms with Gasteiger partial charge in [0.05, 0.1) is 0 Å². The number of hydrogen-bond acceptors (Lipinski definition) is 1. The molecular weight excluding hydrogens is 302 g/mol. The van der Waals surface area contributed by atoms with Crippen LogP contribution in [0.3, 0.4) is 0 Å². The largest absolute Gasteiger partial charge is 0.346 e. The number of amides is 1. The Hall–Kier alpha value is -0.540. The molecule has 0 fully saturated rings. The Morgan fingerprint density at radius 3 is 2.59 bits per heavy atom. The molecule has 0 bridgehead atoms. The van der Waals surface area contributed by atoms with Crippen LogP contribution in [0.4, 0.5) is 0 Å². The van der Waals surface area contributed by atoms with E-state index in [9.17, 15) is 4.79 Å². The fourth-order valence-corrected chi connectivity index (χ4v) is 1.60. The van der Waals surface area contributed by atoms with Crippen molar-refractivity contribution in [2.45, 2.75) is 38.1 Å². The average molecular weight is 319 g/mol. The maximum Gasteiger partial charge on any atom is 0.252 e. The van der Waals surface area contributed by atoms with Gasteiger partial charge in [-0.15, -0.1) is 0 Å². The highest BCUT2D eigenvalue weighted by molar-refractivity contribution is 9.09. The lowest BCUT2D eigenvalue weighted by molar-refractivity contribution is 0.0913. The van der Waals surface area contributed by atoms with E-state index in [4.69, 9.17) is 11.6 Å². The highest BCUT2D eigenvalue weighted by atomic mass is 79.9. The van der Waals surface area contributed by atoms with Crippen LogP contribution in [0, 0.1) is 6.92 Å². The number of alkyl halides is 1. The van der Waals surface area contributed by atoms with Gasteiger partial charge in [-0.2, -0.15) is 0 Å². The van der Waals surface area contributed by atoms with Crippen molar-refractivity contribution in [2.24, 2.45) is 0 Å². The first-order valence-electron chi connectivity index (χ1n) is 5.47. The van der Waals surface area contributed by atoms with Crippen molar-refractivity contribution < 1.29 is 4.79 Å². The number of halogens is 2. The minimum absolute atomic E-state index is 0.0960. The van der Waals surface area contributed by atoms with Gasteiger partial charge in [-0.3, -0.25) is 4.79 Å². The molecule has 1 atom stereocenters. The standard InChI is InChI=1S/C13H17BrClNO/c1-8-10(6-5-7-11(8)15)12(17)16-13(3,4)9(2)14/h5-7,9H,1-4H3,(H,16,17). The summed E-state index contributed by atoms with van der Waals surface area (Å²) in [5, 5.41) is 3.61. The lowest BCUT2D eigenvalue weighted by Gasteiger charge is -2.29. The molecule has 94 valence electrons. The van der Waals surface area contributed by atoms with Crippen LogP contribution in [-0.4, -0.2) is 16.3 Å². The van der Waals surface area contributed by atoms with Crippen LogP contribution in [0.5, 0.6) is 0 Å². The first-order chi connectivity index (χ1) is 7.75. The van der Waals surface area contributed by atoms with E-state index in [2.05, 4.69) is 21.2 Å². The zero-order valence-corrected chi connectivity index (χ0v) is 12.8.